The van der Waals surface area contributed by atoms with E-state index in [1.807, 2.05) is 6.07 Å². The van der Waals surface area contributed by atoms with Crippen molar-refractivity contribution in [3.05, 3.63) is 53.2 Å². The maximum absolute atomic E-state index is 12.0. The van der Waals surface area contributed by atoms with E-state index in [1.165, 1.54) is 11.1 Å². The van der Waals surface area contributed by atoms with Gasteiger partial charge in [0.25, 0.3) is 0 Å². The number of aromatic nitrogens is 1. The lowest BCUT2D eigenvalue weighted by molar-refractivity contribution is 0.125. The molecule has 28 heavy (non-hydrogen) atoms. The smallest absolute Gasteiger partial charge is 0.168 e. The van der Waals surface area contributed by atoms with Crippen molar-refractivity contribution in [1.29, 1.82) is 0 Å². The Morgan fingerprint density at radius 1 is 0.893 bits per heavy atom. The van der Waals surface area contributed by atoms with Crippen molar-refractivity contribution in [3.63, 3.8) is 0 Å². The highest BCUT2D eigenvalue weighted by Crippen LogP contribution is 2.61. The third-order valence-electron chi connectivity index (χ3n) is 8.36. The zero-order chi connectivity index (χ0) is 21.0. The highest BCUT2D eigenvalue weighted by molar-refractivity contribution is 7.25. The first-order chi connectivity index (χ1) is 13.0. The molecule has 3 rings (SSSR count). The Balaban J connectivity index is 2.15. The Hall–Kier alpha value is -1.53. The van der Waals surface area contributed by atoms with Gasteiger partial charge in [0.15, 0.2) is 8.46 Å². The molecule has 2 nitrogen and oxygen atoms in total. The lowest BCUT2D eigenvalue weighted by atomic mass is 9.59. The fraction of sp³-hybridized carbons (Fsp3) is 0.560. The minimum Gasteiger partial charge on any atom is -0.274 e. The second-order valence-electron chi connectivity index (χ2n) is 9.87. The highest BCUT2D eigenvalue weighted by Gasteiger charge is 2.56. The molecule has 1 aliphatic carbocycles. The number of nitrogens with zero attached hydrogens (tertiary/aromatic N) is 1. The van der Waals surface area contributed by atoms with E-state index in [4.69, 9.17) is 4.98 Å². The Morgan fingerprint density at radius 3 is 2.07 bits per heavy atom. The van der Waals surface area contributed by atoms with Crippen LogP contribution in [-0.4, -0.2) is 4.98 Å². The first-order valence-corrected chi connectivity index (χ1v) is 11.3. The largest absolute Gasteiger partial charge is 0.274 e. The molecule has 1 aromatic carbocycles. The van der Waals surface area contributed by atoms with Gasteiger partial charge in [0.1, 0.15) is 0 Å². The number of benzene rings is 1. The van der Waals surface area contributed by atoms with Crippen LogP contribution < -0.4 is 0 Å². The lowest BCUT2D eigenvalue weighted by Crippen LogP contribution is -2.42. The predicted molar refractivity (Wildman–Crippen MR) is 119 cm³/mol. The SMILES string of the molecule is CCC(CC)(P=O)c1cccc(-c2ccc3c(c2)C(C)(C)C(C)(C)C3(C)C)n1. The summed E-state index contributed by atoms with van der Waals surface area (Å²) >= 11 is 0. The lowest BCUT2D eigenvalue weighted by Gasteiger charge is -2.44. The zero-order valence-corrected chi connectivity index (χ0v) is 19.6. The second-order valence-corrected chi connectivity index (χ2v) is 10.9. The van der Waals surface area contributed by atoms with Crippen molar-refractivity contribution in [2.24, 2.45) is 5.41 Å². The van der Waals surface area contributed by atoms with E-state index in [2.05, 4.69) is 85.7 Å². The molecular weight excluding hydrogens is 361 g/mol. The summed E-state index contributed by atoms with van der Waals surface area (Å²) < 4.78 is 12.0. The number of hydrogen-bond donors (Lipinski definition) is 0. The molecular formula is C25H34NOP. The van der Waals surface area contributed by atoms with Crippen molar-refractivity contribution in [2.45, 2.75) is 84.2 Å². The van der Waals surface area contributed by atoms with Gasteiger partial charge >= 0.3 is 0 Å². The van der Waals surface area contributed by atoms with Gasteiger partial charge in [-0.25, -0.2) is 0 Å². The van der Waals surface area contributed by atoms with Gasteiger partial charge in [0.2, 0.25) is 0 Å². The summed E-state index contributed by atoms with van der Waals surface area (Å²) in [4.78, 5) is 4.97. The third kappa shape index (κ3) is 2.71. The topological polar surface area (TPSA) is 30.0 Å². The van der Waals surface area contributed by atoms with Crippen LogP contribution in [0, 0.1) is 5.41 Å². The van der Waals surface area contributed by atoms with Gasteiger partial charge in [0, 0.05) is 5.56 Å². The quantitative estimate of drug-likeness (QED) is 0.487. The van der Waals surface area contributed by atoms with Crippen LogP contribution in [0.15, 0.2) is 36.4 Å². The molecule has 0 aliphatic heterocycles. The minimum atomic E-state index is -0.393. The van der Waals surface area contributed by atoms with Crippen LogP contribution in [0.3, 0.4) is 0 Å². The number of hydrogen-bond acceptors (Lipinski definition) is 2. The van der Waals surface area contributed by atoms with Gasteiger partial charge in [-0.3, -0.25) is 9.55 Å². The van der Waals surface area contributed by atoms with Gasteiger partial charge in [-0.2, -0.15) is 0 Å². The second kappa shape index (κ2) is 6.77. The van der Waals surface area contributed by atoms with Crippen molar-refractivity contribution in [2.75, 3.05) is 0 Å². The van der Waals surface area contributed by atoms with Gasteiger partial charge in [0.05, 0.1) is 16.5 Å². The standard InChI is InChI=1S/C25H34NOP/c1-9-25(10-2,28-27)21-13-11-12-20(26-21)17-14-15-18-19(16-17)23(5,6)24(7,8)22(18,3)4/h11-16H,9-10H2,1-8H3. The minimum absolute atomic E-state index is 0.0731. The van der Waals surface area contributed by atoms with Crippen molar-refractivity contribution in [1.82, 2.24) is 4.98 Å². The highest BCUT2D eigenvalue weighted by atomic mass is 31.1. The normalized spacial score (nSPS) is 19.6. The van der Waals surface area contributed by atoms with E-state index >= 15 is 0 Å². The Bertz CT molecular complexity index is 907. The average Bonchev–Trinajstić information content (AvgIpc) is 2.79. The first-order valence-electron chi connectivity index (χ1n) is 10.5. The van der Waals surface area contributed by atoms with Crippen LogP contribution in [0.1, 0.15) is 85.1 Å². The molecule has 2 aromatic rings. The van der Waals surface area contributed by atoms with Crippen LogP contribution in [0.2, 0.25) is 0 Å². The fourth-order valence-electron chi connectivity index (χ4n) is 4.86. The van der Waals surface area contributed by atoms with Crippen LogP contribution >= 0.6 is 8.46 Å². The fourth-order valence-corrected chi connectivity index (χ4v) is 5.34. The average molecular weight is 396 g/mol. The van der Waals surface area contributed by atoms with Crippen LogP contribution in [0.4, 0.5) is 0 Å². The first kappa shape index (κ1) is 21.2. The Morgan fingerprint density at radius 2 is 1.50 bits per heavy atom. The van der Waals surface area contributed by atoms with E-state index < -0.39 is 5.16 Å². The molecule has 0 amide bonds. The number of rotatable bonds is 5. The van der Waals surface area contributed by atoms with Gasteiger partial charge in [-0.1, -0.05) is 73.6 Å². The van der Waals surface area contributed by atoms with Crippen molar-refractivity contribution in [3.8, 4) is 11.3 Å². The molecule has 0 bridgehead atoms. The molecule has 0 saturated carbocycles. The molecule has 0 atom stereocenters. The zero-order valence-electron chi connectivity index (χ0n) is 18.7. The van der Waals surface area contributed by atoms with Gasteiger partial charge in [-0.05, 0) is 58.4 Å². The van der Waals surface area contributed by atoms with E-state index in [0.717, 1.165) is 29.8 Å². The van der Waals surface area contributed by atoms with Crippen LogP contribution in [0.25, 0.3) is 11.3 Å². The summed E-state index contributed by atoms with van der Waals surface area (Å²) in [6, 6.07) is 13.0. The van der Waals surface area contributed by atoms with Crippen molar-refractivity contribution >= 4 is 8.46 Å². The van der Waals surface area contributed by atoms with Crippen molar-refractivity contribution < 1.29 is 4.57 Å². The summed E-state index contributed by atoms with van der Waals surface area (Å²) in [6.45, 7) is 18.4. The summed E-state index contributed by atoms with van der Waals surface area (Å²) in [5.74, 6) is 0. The molecule has 0 N–H and O–H groups in total. The molecule has 150 valence electrons. The molecule has 0 saturated heterocycles. The molecule has 0 radical (unpaired) electrons. The molecule has 1 aliphatic rings. The van der Waals surface area contributed by atoms with E-state index in [1.54, 1.807) is 0 Å². The van der Waals surface area contributed by atoms with Crippen LogP contribution in [-0.2, 0) is 20.6 Å². The van der Waals surface area contributed by atoms with Gasteiger partial charge in [-0.15, -0.1) is 0 Å². The Kier molecular flexibility index (Phi) is 5.12. The van der Waals surface area contributed by atoms with Crippen LogP contribution in [0.5, 0.6) is 0 Å². The monoisotopic (exact) mass is 395 g/mol. The predicted octanol–water partition coefficient (Wildman–Crippen LogP) is 7.65. The molecule has 1 aromatic heterocycles. The van der Waals surface area contributed by atoms with E-state index in [9.17, 15) is 4.57 Å². The number of pyridine rings is 1. The summed E-state index contributed by atoms with van der Waals surface area (Å²) in [6.07, 6.45) is 1.62. The molecule has 1 heterocycles. The molecule has 0 fully saturated rings. The molecule has 0 unspecified atom stereocenters. The maximum atomic E-state index is 12.0. The van der Waals surface area contributed by atoms with E-state index in [-0.39, 0.29) is 24.7 Å². The summed E-state index contributed by atoms with van der Waals surface area (Å²) in [5, 5.41) is -0.393. The Labute approximate surface area is 172 Å². The third-order valence-corrected chi connectivity index (χ3v) is 9.57. The van der Waals surface area contributed by atoms with E-state index in [0.29, 0.717) is 0 Å². The number of fused-ring (bicyclic) bond motifs is 1. The molecule has 0 spiro atoms. The molecule has 3 heteroatoms. The maximum Gasteiger partial charge on any atom is 0.168 e. The summed E-state index contributed by atoms with van der Waals surface area (Å²) in [7, 11) is 0.150. The summed E-state index contributed by atoms with van der Waals surface area (Å²) in [5.41, 5.74) is 6.23. The van der Waals surface area contributed by atoms with Gasteiger partial charge < -0.3 is 0 Å².